The molecule has 3 rings (SSSR count). The van der Waals surface area contributed by atoms with Gasteiger partial charge in [0.1, 0.15) is 5.52 Å². The van der Waals surface area contributed by atoms with Crippen LogP contribution in [0.2, 0.25) is 0 Å². The Morgan fingerprint density at radius 3 is 2.77 bits per heavy atom. The number of carbonyl (C=O) groups excluding carboxylic acids is 1. The Hall–Kier alpha value is -2.16. The SMILES string of the molecule is CCCOCCC(=O)N1CCn2c(c(C)c3nc(C(F)(F)F)cnc32)C1. The van der Waals surface area contributed by atoms with Crippen molar-refractivity contribution in [2.45, 2.75) is 46.0 Å². The smallest absolute Gasteiger partial charge is 0.381 e. The molecule has 0 saturated carbocycles. The lowest BCUT2D eigenvalue weighted by molar-refractivity contribution is -0.141. The minimum absolute atomic E-state index is 0.0195. The predicted octanol–water partition coefficient (Wildman–Crippen LogP) is 2.92. The first-order valence-corrected chi connectivity index (χ1v) is 8.60. The first-order chi connectivity index (χ1) is 12.3. The van der Waals surface area contributed by atoms with Gasteiger partial charge in [-0.15, -0.1) is 0 Å². The lowest BCUT2D eigenvalue weighted by Crippen LogP contribution is -2.38. The van der Waals surface area contributed by atoms with E-state index in [2.05, 4.69) is 9.97 Å². The predicted molar refractivity (Wildman–Crippen MR) is 88.4 cm³/mol. The van der Waals surface area contributed by atoms with E-state index in [9.17, 15) is 18.0 Å². The van der Waals surface area contributed by atoms with Crippen molar-refractivity contribution in [3.8, 4) is 0 Å². The van der Waals surface area contributed by atoms with E-state index in [0.29, 0.717) is 50.5 Å². The highest BCUT2D eigenvalue weighted by molar-refractivity contribution is 5.80. The van der Waals surface area contributed by atoms with Gasteiger partial charge >= 0.3 is 6.18 Å². The van der Waals surface area contributed by atoms with Gasteiger partial charge in [0.2, 0.25) is 5.91 Å². The number of hydrogen-bond acceptors (Lipinski definition) is 4. The van der Waals surface area contributed by atoms with Gasteiger partial charge in [0.25, 0.3) is 0 Å². The summed E-state index contributed by atoms with van der Waals surface area (Å²) >= 11 is 0. The molecule has 26 heavy (non-hydrogen) atoms. The third-order valence-corrected chi connectivity index (χ3v) is 4.51. The summed E-state index contributed by atoms with van der Waals surface area (Å²) in [5.74, 6) is -0.0195. The number of nitrogens with zero attached hydrogens (tertiary/aromatic N) is 4. The molecule has 0 N–H and O–H groups in total. The monoisotopic (exact) mass is 370 g/mol. The largest absolute Gasteiger partial charge is 0.434 e. The van der Waals surface area contributed by atoms with E-state index in [1.54, 1.807) is 11.8 Å². The van der Waals surface area contributed by atoms with Gasteiger partial charge in [-0.2, -0.15) is 13.2 Å². The van der Waals surface area contributed by atoms with Gasteiger partial charge in [-0.25, -0.2) is 9.97 Å². The van der Waals surface area contributed by atoms with Gasteiger partial charge in [0, 0.05) is 25.4 Å². The molecular formula is C17H21F3N4O2. The highest BCUT2D eigenvalue weighted by atomic mass is 19.4. The maximum Gasteiger partial charge on any atom is 0.434 e. The maximum atomic E-state index is 12.9. The summed E-state index contributed by atoms with van der Waals surface area (Å²) in [6.07, 6.45) is -2.57. The van der Waals surface area contributed by atoms with E-state index in [1.807, 2.05) is 11.5 Å². The van der Waals surface area contributed by atoms with Crippen molar-refractivity contribution in [3.63, 3.8) is 0 Å². The lowest BCUT2D eigenvalue weighted by Gasteiger charge is -2.29. The number of fused-ring (bicyclic) bond motifs is 3. The standard InChI is InChI=1S/C17H21F3N4O2/c1-3-7-26-8-4-14(25)23-5-6-24-12(10-23)11(2)15-16(24)21-9-13(22-15)17(18,19)20/h9H,3-8,10H2,1-2H3. The van der Waals surface area contributed by atoms with Crippen LogP contribution in [-0.2, 0) is 28.8 Å². The fraction of sp³-hybridized carbons (Fsp3) is 0.588. The molecule has 0 saturated heterocycles. The molecule has 2 aromatic rings. The number of rotatable bonds is 5. The maximum absolute atomic E-state index is 12.9. The van der Waals surface area contributed by atoms with Crippen LogP contribution in [0, 0.1) is 6.92 Å². The summed E-state index contributed by atoms with van der Waals surface area (Å²) in [5, 5.41) is 0. The average molecular weight is 370 g/mol. The third kappa shape index (κ3) is 3.53. The second-order valence-corrected chi connectivity index (χ2v) is 6.33. The molecule has 1 amide bonds. The lowest BCUT2D eigenvalue weighted by atomic mass is 10.2. The van der Waals surface area contributed by atoms with E-state index in [-0.39, 0.29) is 11.4 Å². The van der Waals surface area contributed by atoms with Crippen molar-refractivity contribution in [1.29, 1.82) is 0 Å². The number of alkyl halides is 3. The van der Waals surface area contributed by atoms with Crippen LogP contribution in [0.5, 0.6) is 0 Å². The molecule has 3 heterocycles. The minimum Gasteiger partial charge on any atom is -0.381 e. The fourth-order valence-electron chi connectivity index (χ4n) is 3.14. The zero-order chi connectivity index (χ0) is 18.9. The molecule has 1 aliphatic heterocycles. The van der Waals surface area contributed by atoms with Crippen LogP contribution in [0.3, 0.4) is 0 Å². The number of ether oxygens (including phenoxy) is 1. The van der Waals surface area contributed by atoms with Crippen LogP contribution < -0.4 is 0 Å². The van der Waals surface area contributed by atoms with Crippen molar-refractivity contribution in [2.24, 2.45) is 0 Å². The molecule has 0 atom stereocenters. The normalized spacial score (nSPS) is 14.7. The molecule has 2 aromatic heterocycles. The molecule has 0 aromatic carbocycles. The van der Waals surface area contributed by atoms with Crippen LogP contribution in [0.1, 0.15) is 36.7 Å². The zero-order valence-electron chi connectivity index (χ0n) is 14.8. The molecular weight excluding hydrogens is 349 g/mol. The zero-order valence-corrected chi connectivity index (χ0v) is 14.8. The van der Waals surface area contributed by atoms with E-state index in [4.69, 9.17) is 4.74 Å². The Labute approximate surface area is 149 Å². The molecule has 142 valence electrons. The summed E-state index contributed by atoms with van der Waals surface area (Å²) in [5.41, 5.74) is 1.10. The molecule has 6 nitrogen and oxygen atoms in total. The summed E-state index contributed by atoms with van der Waals surface area (Å²) in [7, 11) is 0. The summed E-state index contributed by atoms with van der Waals surface area (Å²) in [6, 6.07) is 0. The average Bonchev–Trinajstić information content (AvgIpc) is 2.89. The van der Waals surface area contributed by atoms with Crippen molar-refractivity contribution >= 4 is 17.1 Å². The number of aryl methyl sites for hydroxylation is 1. The highest BCUT2D eigenvalue weighted by Crippen LogP contribution is 2.31. The van der Waals surface area contributed by atoms with Crippen LogP contribution >= 0.6 is 0 Å². The molecule has 1 aliphatic rings. The Morgan fingerprint density at radius 1 is 1.31 bits per heavy atom. The number of carbonyl (C=O) groups is 1. The Morgan fingerprint density at radius 2 is 2.08 bits per heavy atom. The van der Waals surface area contributed by atoms with Crippen LogP contribution in [-0.4, -0.2) is 45.1 Å². The Balaban J connectivity index is 1.81. The summed E-state index contributed by atoms with van der Waals surface area (Å²) in [6.45, 7) is 6.05. The van der Waals surface area contributed by atoms with Crippen molar-refractivity contribution < 1.29 is 22.7 Å². The van der Waals surface area contributed by atoms with Crippen LogP contribution in [0.25, 0.3) is 11.2 Å². The summed E-state index contributed by atoms with van der Waals surface area (Å²) < 4.78 is 45.9. The van der Waals surface area contributed by atoms with E-state index >= 15 is 0 Å². The van der Waals surface area contributed by atoms with Gasteiger partial charge in [-0.3, -0.25) is 4.79 Å². The quantitative estimate of drug-likeness (QED) is 0.760. The molecule has 0 radical (unpaired) electrons. The molecule has 0 spiro atoms. The van der Waals surface area contributed by atoms with E-state index in [0.717, 1.165) is 18.3 Å². The molecule has 9 heteroatoms. The number of hydrogen-bond donors (Lipinski definition) is 0. The van der Waals surface area contributed by atoms with Crippen LogP contribution in [0.15, 0.2) is 6.20 Å². The molecule has 0 aliphatic carbocycles. The summed E-state index contributed by atoms with van der Waals surface area (Å²) in [4.78, 5) is 21.8. The van der Waals surface area contributed by atoms with Crippen molar-refractivity contribution in [3.05, 3.63) is 23.1 Å². The van der Waals surface area contributed by atoms with E-state index in [1.165, 1.54) is 0 Å². The van der Waals surface area contributed by atoms with Gasteiger partial charge in [-0.05, 0) is 18.9 Å². The topological polar surface area (TPSA) is 60.2 Å². The third-order valence-electron chi connectivity index (χ3n) is 4.51. The number of halogens is 3. The first kappa shape index (κ1) is 18.6. The van der Waals surface area contributed by atoms with Gasteiger partial charge in [-0.1, -0.05) is 6.92 Å². The highest BCUT2D eigenvalue weighted by Gasteiger charge is 2.34. The molecule has 0 fully saturated rings. The van der Waals surface area contributed by atoms with Crippen molar-refractivity contribution in [2.75, 3.05) is 19.8 Å². The van der Waals surface area contributed by atoms with Gasteiger partial charge in [0.15, 0.2) is 11.3 Å². The second-order valence-electron chi connectivity index (χ2n) is 6.33. The van der Waals surface area contributed by atoms with Crippen molar-refractivity contribution in [1.82, 2.24) is 19.4 Å². The molecule has 0 unspecified atom stereocenters. The van der Waals surface area contributed by atoms with E-state index < -0.39 is 11.9 Å². The Kier molecular flexibility index (Phi) is 5.17. The first-order valence-electron chi connectivity index (χ1n) is 8.60. The van der Waals surface area contributed by atoms with Crippen LogP contribution in [0.4, 0.5) is 13.2 Å². The number of amides is 1. The van der Waals surface area contributed by atoms with Gasteiger partial charge in [0.05, 0.1) is 25.8 Å². The molecule has 0 bridgehead atoms. The minimum atomic E-state index is -4.53. The fourth-order valence-corrected chi connectivity index (χ4v) is 3.14. The van der Waals surface area contributed by atoms with Gasteiger partial charge < -0.3 is 14.2 Å². The Bertz CT molecular complexity index is 816. The second kappa shape index (κ2) is 7.22. The number of aromatic nitrogens is 3.